The zero-order valence-electron chi connectivity index (χ0n) is 10.5. The minimum Gasteiger partial charge on any atom is -0.253 e. The quantitative estimate of drug-likeness (QED) is 0.574. The molecule has 94 valence electrons. The van der Waals surface area contributed by atoms with Gasteiger partial charge in [0.2, 0.25) is 5.13 Å². The zero-order chi connectivity index (χ0) is 13.1. The molecular weight excluding hydrogens is 254 g/mol. The van der Waals surface area contributed by atoms with Gasteiger partial charge in [-0.2, -0.15) is 5.10 Å². The molecule has 1 N–H and O–H groups in total. The number of rotatable bonds is 3. The summed E-state index contributed by atoms with van der Waals surface area (Å²) in [6, 6.07) is 14.6. The monoisotopic (exact) mass is 267 g/mol. The number of hydrogen-bond donors (Lipinski definition) is 1. The lowest BCUT2D eigenvalue weighted by Crippen LogP contribution is -1.90. The molecule has 3 nitrogen and oxygen atoms in total. The summed E-state index contributed by atoms with van der Waals surface area (Å²) >= 11 is 1.55. The summed E-state index contributed by atoms with van der Waals surface area (Å²) in [5.74, 6) is 0. The molecule has 0 aliphatic rings. The Labute approximate surface area is 115 Å². The zero-order valence-corrected chi connectivity index (χ0v) is 11.3. The molecule has 2 aromatic carbocycles. The van der Waals surface area contributed by atoms with E-state index in [1.165, 1.54) is 10.8 Å². The highest BCUT2D eigenvalue weighted by atomic mass is 32.1. The lowest BCUT2D eigenvalue weighted by atomic mass is 10.1. The first-order valence-corrected chi connectivity index (χ1v) is 6.89. The first kappa shape index (κ1) is 11.9. The number of thiazole rings is 1. The van der Waals surface area contributed by atoms with Crippen LogP contribution in [0, 0.1) is 6.92 Å². The van der Waals surface area contributed by atoms with E-state index in [1.54, 1.807) is 11.3 Å². The Morgan fingerprint density at radius 2 is 2.00 bits per heavy atom. The van der Waals surface area contributed by atoms with Gasteiger partial charge >= 0.3 is 0 Å². The van der Waals surface area contributed by atoms with Crippen LogP contribution >= 0.6 is 11.3 Å². The molecule has 0 saturated carbocycles. The van der Waals surface area contributed by atoms with Gasteiger partial charge in [0, 0.05) is 5.38 Å². The summed E-state index contributed by atoms with van der Waals surface area (Å²) in [7, 11) is 0. The van der Waals surface area contributed by atoms with Gasteiger partial charge in [-0.15, -0.1) is 11.3 Å². The molecule has 0 saturated heterocycles. The Morgan fingerprint density at radius 3 is 2.79 bits per heavy atom. The van der Waals surface area contributed by atoms with Gasteiger partial charge in [0.25, 0.3) is 0 Å². The number of hydrazone groups is 1. The average molecular weight is 267 g/mol. The second kappa shape index (κ2) is 5.20. The van der Waals surface area contributed by atoms with Crippen LogP contribution in [0.5, 0.6) is 0 Å². The average Bonchev–Trinajstić information content (AvgIpc) is 2.84. The fourth-order valence-electron chi connectivity index (χ4n) is 1.86. The summed E-state index contributed by atoms with van der Waals surface area (Å²) in [5.41, 5.74) is 5.02. The third kappa shape index (κ3) is 2.80. The van der Waals surface area contributed by atoms with Gasteiger partial charge < -0.3 is 0 Å². The Morgan fingerprint density at radius 1 is 1.16 bits per heavy atom. The van der Waals surface area contributed by atoms with Crippen LogP contribution in [0.15, 0.2) is 52.9 Å². The summed E-state index contributed by atoms with van der Waals surface area (Å²) in [6.07, 6.45) is 1.81. The first-order chi connectivity index (χ1) is 9.31. The summed E-state index contributed by atoms with van der Waals surface area (Å²) in [5, 5.41) is 9.47. The topological polar surface area (TPSA) is 37.3 Å². The number of nitrogens with one attached hydrogen (secondary N) is 1. The highest BCUT2D eigenvalue weighted by Gasteiger charge is 1.95. The summed E-state index contributed by atoms with van der Waals surface area (Å²) in [4.78, 5) is 4.29. The number of fused-ring (bicyclic) bond motifs is 1. The van der Waals surface area contributed by atoms with Crippen molar-refractivity contribution in [2.24, 2.45) is 5.10 Å². The van der Waals surface area contributed by atoms with E-state index >= 15 is 0 Å². The Bertz CT molecular complexity index is 731. The predicted octanol–water partition coefficient (Wildman–Crippen LogP) is 4.05. The highest BCUT2D eigenvalue weighted by molar-refractivity contribution is 7.13. The molecule has 4 heteroatoms. The molecular formula is C15H13N3S. The van der Waals surface area contributed by atoms with Gasteiger partial charge in [0.15, 0.2) is 0 Å². The van der Waals surface area contributed by atoms with Crippen molar-refractivity contribution < 1.29 is 0 Å². The molecule has 19 heavy (non-hydrogen) atoms. The van der Waals surface area contributed by atoms with Crippen molar-refractivity contribution in [2.45, 2.75) is 6.92 Å². The maximum atomic E-state index is 4.29. The van der Waals surface area contributed by atoms with E-state index in [0.717, 1.165) is 16.4 Å². The van der Waals surface area contributed by atoms with Crippen molar-refractivity contribution in [3.63, 3.8) is 0 Å². The van der Waals surface area contributed by atoms with Crippen molar-refractivity contribution in [1.82, 2.24) is 4.98 Å². The fraction of sp³-hybridized carbons (Fsp3) is 0.0667. The standard InChI is InChI=1S/C15H13N3S/c1-11-10-19-15(17-11)18-16-9-12-6-7-13-4-2-3-5-14(13)8-12/h2-10H,1H3,(H,17,18). The number of aryl methyl sites for hydroxylation is 1. The van der Waals surface area contributed by atoms with Crippen LogP contribution in [0.3, 0.4) is 0 Å². The molecule has 0 aliphatic heterocycles. The largest absolute Gasteiger partial charge is 0.253 e. The van der Waals surface area contributed by atoms with Gasteiger partial charge in [0.1, 0.15) is 0 Å². The SMILES string of the molecule is Cc1csc(NN=Cc2ccc3ccccc3c2)n1. The molecule has 0 radical (unpaired) electrons. The minimum atomic E-state index is 0.814. The summed E-state index contributed by atoms with van der Waals surface area (Å²) < 4.78 is 0. The van der Waals surface area contributed by atoms with Gasteiger partial charge in [-0.25, -0.2) is 4.98 Å². The van der Waals surface area contributed by atoms with E-state index in [9.17, 15) is 0 Å². The van der Waals surface area contributed by atoms with Crippen LogP contribution in [0.2, 0.25) is 0 Å². The van der Waals surface area contributed by atoms with Gasteiger partial charge in [-0.05, 0) is 29.3 Å². The molecule has 0 bridgehead atoms. The van der Waals surface area contributed by atoms with Crippen molar-refractivity contribution in [3.05, 3.63) is 59.1 Å². The van der Waals surface area contributed by atoms with Gasteiger partial charge in [0.05, 0.1) is 11.9 Å². The van der Waals surface area contributed by atoms with Crippen LogP contribution in [-0.2, 0) is 0 Å². The molecule has 1 aromatic heterocycles. The number of aromatic nitrogens is 1. The molecule has 0 atom stereocenters. The maximum Gasteiger partial charge on any atom is 0.203 e. The van der Waals surface area contributed by atoms with E-state index in [0.29, 0.717) is 0 Å². The minimum absolute atomic E-state index is 0.814. The second-order valence-corrected chi connectivity index (χ2v) is 5.13. The third-order valence-corrected chi connectivity index (χ3v) is 3.63. The Hall–Kier alpha value is -2.20. The molecule has 3 aromatic rings. The molecule has 0 unspecified atom stereocenters. The Balaban J connectivity index is 1.77. The van der Waals surface area contributed by atoms with E-state index in [2.05, 4.69) is 45.8 Å². The molecule has 1 heterocycles. The van der Waals surface area contributed by atoms with Crippen LogP contribution in [-0.4, -0.2) is 11.2 Å². The van der Waals surface area contributed by atoms with E-state index in [4.69, 9.17) is 0 Å². The van der Waals surface area contributed by atoms with Crippen molar-refractivity contribution >= 4 is 33.5 Å². The van der Waals surface area contributed by atoms with Gasteiger partial charge in [-0.3, -0.25) is 5.43 Å². The lowest BCUT2D eigenvalue weighted by molar-refractivity contribution is 1.22. The van der Waals surface area contributed by atoms with Crippen LogP contribution in [0.1, 0.15) is 11.3 Å². The normalized spacial score (nSPS) is 11.2. The third-order valence-electron chi connectivity index (χ3n) is 2.77. The number of anilines is 1. The molecule has 0 aliphatic carbocycles. The number of hydrogen-bond acceptors (Lipinski definition) is 4. The van der Waals surface area contributed by atoms with Crippen LogP contribution < -0.4 is 5.43 Å². The van der Waals surface area contributed by atoms with Crippen molar-refractivity contribution in [1.29, 1.82) is 0 Å². The van der Waals surface area contributed by atoms with E-state index < -0.39 is 0 Å². The van der Waals surface area contributed by atoms with Crippen LogP contribution in [0.25, 0.3) is 10.8 Å². The number of benzene rings is 2. The van der Waals surface area contributed by atoms with E-state index in [1.807, 2.05) is 30.7 Å². The Kier molecular flexibility index (Phi) is 3.25. The second-order valence-electron chi connectivity index (χ2n) is 4.27. The van der Waals surface area contributed by atoms with Crippen molar-refractivity contribution in [3.8, 4) is 0 Å². The predicted molar refractivity (Wildman–Crippen MR) is 82.0 cm³/mol. The smallest absolute Gasteiger partial charge is 0.203 e. The van der Waals surface area contributed by atoms with Crippen molar-refractivity contribution in [2.75, 3.05) is 5.43 Å². The molecule has 0 spiro atoms. The molecule has 3 rings (SSSR count). The first-order valence-electron chi connectivity index (χ1n) is 6.01. The van der Waals surface area contributed by atoms with Crippen LogP contribution in [0.4, 0.5) is 5.13 Å². The number of nitrogens with zero attached hydrogens (tertiary/aromatic N) is 2. The highest BCUT2D eigenvalue weighted by Crippen LogP contribution is 2.16. The van der Waals surface area contributed by atoms with E-state index in [-0.39, 0.29) is 0 Å². The summed E-state index contributed by atoms with van der Waals surface area (Å²) in [6.45, 7) is 1.97. The fourth-order valence-corrected chi connectivity index (χ4v) is 2.49. The molecule has 0 amide bonds. The lowest BCUT2D eigenvalue weighted by Gasteiger charge is -1.99. The maximum absolute atomic E-state index is 4.29. The van der Waals surface area contributed by atoms with Gasteiger partial charge in [-0.1, -0.05) is 36.4 Å². The molecule has 0 fully saturated rings.